The molecule has 0 aromatic heterocycles. The number of hydrogen-bond acceptors (Lipinski definition) is 5. The van der Waals surface area contributed by atoms with E-state index in [2.05, 4.69) is 21.2 Å². The number of Topliss-reactive ketones (excluding diaryl/α,β-unsaturated/α-hetero) is 1. The fraction of sp³-hybridized carbons (Fsp3) is 0.375. The highest BCUT2D eigenvalue weighted by molar-refractivity contribution is 9.10. The topological polar surface area (TPSA) is 55.4 Å². The number of esters is 1. The fourth-order valence-corrected chi connectivity index (χ4v) is 2.95. The van der Waals surface area contributed by atoms with E-state index >= 15 is 0 Å². The molecule has 1 fully saturated rings. The maximum absolute atomic E-state index is 14.1. The monoisotopic (exact) mass is 419 g/mol. The molecule has 0 heterocycles. The average molecular weight is 420 g/mol. The third-order valence-corrected chi connectivity index (χ3v) is 4.64. The zero-order valence-corrected chi connectivity index (χ0v) is 15.5. The summed E-state index contributed by atoms with van der Waals surface area (Å²) in [7, 11) is 0. The molecule has 2 rings (SSSR count). The number of ketones is 1. The van der Waals surface area contributed by atoms with Gasteiger partial charge in [-0.1, -0.05) is 0 Å². The summed E-state index contributed by atoms with van der Waals surface area (Å²) in [6.07, 6.45) is 3.54. The molecule has 1 saturated carbocycles. The van der Waals surface area contributed by atoms with Crippen molar-refractivity contribution in [1.29, 1.82) is 0 Å². The van der Waals surface area contributed by atoms with Crippen LogP contribution in [0.25, 0.3) is 0 Å². The van der Waals surface area contributed by atoms with Crippen molar-refractivity contribution in [2.45, 2.75) is 25.8 Å². The molecular formula is C16H16BrF2NO3S. The van der Waals surface area contributed by atoms with Crippen LogP contribution in [0.4, 0.5) is 8.78 Å². The Kier molecular flexibility index (Phi) is 6.40. The second-order valence-electron chi connectivity index (χ2n) is 5.12. The van der Waals surface area contributed by atoms with E-state index in [1.165, 1.54) is 0 Å². The Hall–Kier alpha value is -1.41. The van der Waals surface area contributed by atoms with Crippen molar-refractivity contribution in [2.24, 2.45) is 0 Å². The highest BCUT2D eigenvalue weighted by atomic mass is 79.9. The standard InChI is InChI=1S/C16H16BrF2NO3S/c1-3-23-16(22)13(15(24-2)20-8-4-5-8)14(21)9-6-12(19)10(17)7-11(9)18/h6-8,20H,3-5H2,1-2H3/b15-13-. The van der Waals surface area contributed by atoms with E-state index in [4.69, 9.17) is 4.74 Å². The van der Waals surface area contributed by atoms with Crippen LogP contribution >= 0.6 is 27.7 Å². The quantitative estimate of drug-likeness (QED) is 0.182. The van der Waals surface area contributed by atoms with Gasteiger partial charge in [-0.15, -0.1) is 11.8 Å². The largest absolute Gasteiger partial charge is 0.462 e. The molecule has 1 aromatic carbocycles. The van der Waals surface area contributed by atoms with E-state index in [0.717, 1.165) is 36.7 Å². The van der Waals surface area contributed by atoms with Crippen LogP contribution in [-0.2, 0) is 9.53 Å². The molecule has 1 aliphatic carbocycles. The molecular weight excluding hydrogens is 404 g/mol. The predicted octanol–water partition coefficient (Wildman–Crippen LogP) is 3.80. The van der Waals surface area contributed by atoms with Gasteiger partial charge in [-0.3, -0.25) is 4.79 Å². The Morgan fingerprint density at radius 2 is 2.00 bits per heavy atom. The van der Waals surface area contributed by atoms with Crippen molar-refractivity contribution >= 4 is 39.4 Å². The summed E-state index contributed by atoms with van der Waals surface area (Å²) in [4.78, 5) is 25.0. The zero-order chi connectivity index (χ0) is 17.9. The molecule has 24 heavy (non-hydrogen) atoms. The lowest BCUT2D eigenvalue weighted by Crippen LogP contribution is -2.25. The summed E-state index contributed by atoms with van der Waals surface area (Å²) in [5.74, 6) is -3.47. The summed E-state index contributed by atoms with van der Waals surface area (Å²) in [6.45, 7) is 1.67. The lowest BCUT2D eigenvalue weighted by atomic mass is 10.0. The third kappa shape index (κ3) is 4.36. The SMILES string of the molecule is CCOC(=O)/C(C(=O)c1cc(F)c(Br)cc1F)=C(/NC1CC1)SC. The Bertz CT molecular complexity index is 705. The van der Waals surface area contributed by atoms with E-state index in [1.807, 2.05) is 0 Å². The first-order valence-electron chi connectivity index (χ1n) is 7.30. The molecule has 8 heteroatoms. The maximum atomic E-state index is 14.1. The van der Waals surface area contributed by atoms with Crippen molar-refractivity contribution in [3.05, 3.63) is 44.4 Å². The molecule has 0 radical (unpaired) electrons. The normalized spacial score (nSPS) is 14.9. The number of benzene rings is 1. The Morgan fingerprint density at radius 3 is 2.54 bits per heavy atom. The van der Waals surface area contributed by atoms with Crippen molar-refractivity contribution in [2.75, 3.05) is 12.9 Å². The molecule has 130 valence electrons. The molecule has 0 bridgehead atoms. The lowest BCUT2D eigenvalue weighted by Gasteiger charge is -2.14. The van der Waals surface area contributed by atoms with Crippen LogP contribution in [0.5, 0.6) is 0 Å². The maximum Gasteiger partial charge on any atom is 0.344 e. The van der Waals surface area contributed by atoms with Gasteiger partial charge in [0.2, 0.25) is 5.78 Å². The molecule has 1 N–H and O–H groups in total. The molecule has 0 spiro atoms. The fourth-order valence-electron chi connectivity index (χ4n) is 1.97. The summed E-state index contributed by atoms with van der Waals surface area (Å²) >= 11 is 4.02. The minimum absolute atomic E-state index is 0.0673. The number of thioether (sulfide) groups is 1. The molecule has 0 atom stereocenters. The van der Waals surface area contributed by atoms with E-state index in [0.29, 0.717) is 5.03 Å². The average Bonchev–Trinajstić information content (AvgIpc) is 3.34. The smallest absolute Gasteiger partial charge is 0.344 e. The summed E-state index contributed by atoms with van der Waals surface area (Å²) in [5, 5.41) is 3.38. The Balaban J connectivity index is 2.49. The van der Waals surface area contributed by atoms with Gasteiger partial charge in [0.25, 0.3) is 0 Å². The van der Waals surface area contributed by atoms with Gasteiger partial charge >= 0.3 is 5.97 Å². The first kappa shape index (κ1) is 18.9. The zero-order valence-electron chi connectivity index (χ0n) is 13.1. The van der Waals surface area contributed by atoms with E-state index in [1.54, 1.807) is 13.2 Å². The van der Waals surface area contributed by atoms with Crippen LogP contribution in [0.2, 0.25) is 0 Å². The number of halogens is 3. The van der Waals surface area contributed by atoms with Crippen LogP contribution in [0, 0.1) is 11.6 Å². The number of hydrogen-bond donors (Lipinski definition) is 1. The molecule has 0 aliphatic heterocycles. The van der Waals surface area contributed by atoms with E-state index < -0.39 is 29.0 Å². The van der Waals surface area contributed by atoms with Crippen LogP contribution in [0.15, 0.2) is 27.2 Å². The van der Waals surface area contributed by atoms with E-state index in [9.17, 15) is 18.4 Å². The second-order valence-corrected chi connectivity index (χ2v) is 6.79. The Labute approximate surface area is 151 Å². The Morgan fingerprint density at radius 1 is 1.33 bits per heavy atom. The molecule has 1 aliphatic rings. The molecule has 0 unspecified atom stereocenters. The van der Waals surface area contributed by atoms with Gasteiger partial charge in [0.1, 0.15) is 17.2 Å². The lowest BCUT2D eigenvalue weighted by molar-refractivity contribution is -0.138. The first-order chi connectivity index (χ1) is 11.4. The van der Waals surface area contributed by atoms with Crippen molar-refractivity contribution in [3.63, 3.8) is 0 Å². The van der Waals surface area contributed by atoms with Gasteiger partial charge < -0.3 is 10.1 Å². The van der Waals surface area contributed by atoms with Gasteiger partial charge in [0.05, 0.1) is 21.7 Å². The number of carbonyl (C=O) groups excluding carboxylic acids is 2. The number of nitrogens with one attached hydrogen (secondary N) is 1. The van der Waals surface area contributed by atoms with Crippen LogP contribution in [0.3, 0.4) is 0 Å². The number of rotatable bonds is 7. The highest BCUT2D eigenvalue weighted by Crippen LogP contribution is 2.28. The van der Waals surface area contributed by atoms with Gasteiger partial charge in [-0.05, 0) is 54.1 Å². The van der Waals surface area contributed by atoms with Gasteiger partial charge in [0, 0.05) is 6.04 Å². The third-order valence-electron chi connectivity index (χ3n) is 3.30. The van der Waals surface area contributed by atoms with Crippen molar-refractivity contribution in [3.8, 4) is 0 Å². The summed E-state index contributed by atoms with van der Waals surface area (Å²) in [5.41, 5.74) is -0.820. The second kappa shape index (κ2) is 8.11. The van der Waals surface area contributed by atoms with E-state index in [-0.39, 0.29) is 22.7 Å². The van der Waals surface area contributed by atoms with Gasteiger partial charge in [0.15, 0.2) is 0 Å². The summed E-state index contributed by atoms with van der Waals surface area (Å²) < 4.78 is 32.7. The molecule has 1 aromatic rings. The molecule has 0 saturated heterocycles. The highest BCUT2D eigenvalue weighted by Gasteiger charge is 2.31. The predicted molar refractivity (Wildman–Crippen MR) is 91.7 cm³/mol. The van der Waals surface area contributed by atoms with Gasteiger partial charge in [-0.25, -0.2) is 13.6 Å². The minimum Gasteiger partial charge on any atom is -0.462 e. The summed E-state index contributed by atoms with van der Waals surface area (Å²) in [6, 6.07) is 1.81. The first-order valence-corrected chi connectivity index (χ1v) is 9.32. The molecule has 4 nitrogen and oxygen atoms in total. The number of ether oxygens (including phenoxy) is 1. The van der Waals surface area contributed by atoms with Crippen LogP contribution in [-0.4, -0.2) is 30.7 Å². The minimum atomic E-state index is -0.915. The van der Waals surface area contributed by atoms with Crippen molar-refractivity contribution < 1.29 is 23.1 Å². The molecule has 0 amide bonds. The number of carbonyl (C=O) groups is 2. The van der Waals surface area contributed by atoms with Crippen molar-refractivity contribution in [1.82, 2.24) is 5.32 Å². The van der Waals surface area contributed by atoms with Gasteiger partial charge in [-0.2, -0.15) is 0 Å². The van der Waals surface area contributed by atoms with Crippen LogP contribution in [0.1, 0.15) is 30.1 Å². The van der Waals surface area contributed by atoms with Crippen LogP contribution < -0.4 is 5.32 Å².